The Morgan fingerprint density at radius 3 is 0.797 bits per heavy atom. The molecule has 0 amide bonds. The molecule has 0 saturated heterocycles. The summed E-state index contributed by atoms with van der Waals surface area (Å²) in [4.78, 5) is 38.4. The van der Waals surface area contributed by atoms with Crippen LogP contribution in [0.3, 0.4) is 0 Å². The SMILES string of the molecule is CC/C=C\C/C=C\C/C=C\CCCCCC(=O)OCC(COC(=O)CCCCCCCCCCCCCCC/C=C\CCCCCCCCCC)OC(=O)CCCCCCCCCC/C=C\C/C=C\C/C=C\CCCCCCC. The van der Waals surface area contributed by atoms with Crippen LogP contribution in [0.15, 0.2) is 85.1 Å². The van der Waals surface area contributed by atoms with Gasteiger partial charge < -0.3 is 14.2 Å². The Morgan fingerprint density at radius 2 is 0.494 bits per heavy atom. The van der Waals surface area contributed by atoms with Gasteiger partial charge in [0.25, 0.3) is 0 Å². The van der Waals surface area contributed by atoms with Crippen LogP contribution in [0.2, 0.25) is 0 Å². The highest BCUT2D eigenvalue weighted by Gasteiger charge is 2.19. The van der Waals surface area contributed by atoms with Gasteiger partial charge in [0, 0.05) is 19.3 Å². The standard InChI is InChI=1S/C73H128O6/c1-4-7-10-13-16-19-22-25-27-29-31-33-35-36-38-39-41-43-45-48-51-54-57-60-63-66-72(75)78-69-70(68-77-71(74)65-62-59-56-53-50-47-24-21-18-15-12-9-6-3)79-73(76)67-64-61-58-55-52-49-46-44-42-40-37-34-32-30-28-26-23-20-17-14-11-8-5-2/h9,12,18,21,23,26,29-32,37,40,47,50,70H,4-8,10-11,13-17,19-20,22,24-25,27-28,33-36,38-39,41-46,48-49,51-69H2,1-3H3/b12-9-,21-18-,26-23-,31-29-,32-30-,40-37-,50-47-. The fraction of sp³-hybridized carbons (Fsp3) is 0.767. The highest BCUT2D eigenvalue weighted by molar-refractivity contribution is 5.71. The number of rotatable bonds is 62. The van der Waals surface area contributed by atoms with Gasteiger partial charge in [0.2, 0.25) is 0 Å². The van der Waals surface area contributed by atoms with Crippen molar-refractivity contribution in [3.63, 3.8) is 0 Å². The molecule has 0 heterocycles. The number of carbonyl (C=O) groups excluding carboxylic acids is 3. The lowest BCUT2D eigenvalue weighted by Crippen LogP contribution is -2.30. The molecule has 1 unspecified atom stereocenters. The Balaban J connectivity index is 4.31. The fourth-order valence-corrected chi connectivity index (χ4v) is 9.76. The van der Waals surface area contributed by atoms with E-state index < -0.39 is 6.10 Å². The zero-order chi connectivity index (χ0) is 57.1. The molecule has 0 bridgehead atoms. The summed E-state index contributed by atoms with van der Waals surface area (Å²) in [5.41, 5.74) is 0. The van der Waals surface area contributed by atoms with Crippen LogP contribution in [0.5, 0.6) is 0 Å². The number of unbranched alkanes of at least 4 members (excludes halogenated alkanes) is 37. The van der Waals surface area contributed by atoms with Crippen LogP contribution < -0.4 is 0 Å². The van der Waals surface area contributed by atoms with Crippen LogP contribution in [0.1, 0.15) is 342 Å². The third-order valence-electron chi connectivity index (χ3n) is 14.9. The van der Waals surface area contributed by atoms with E-state index in [1.165, 1.54) is 199 Å². The van der Waals surface area contributed by atoms with Crippen LogP contribution >= 0.6 is 0 Å². The molecule has 0 radical (unpaired) electrons. The van der Waals surface area contributed by atoms with E-state index in [-0.39, 0.29) is 31.1 Å². The van der Waals surface area contributed by atoms with Gasteiger partial charge in [-0.25, -0.2) is 0 Å². The van der Waals surface area contributed by atoms with Gasteiger partial charge in [-0.05, 0) is 116 Å². The minimum absolute atomic E-state index is 0.0876. The van der Waals surface area contributed by atoms with Gasteiger partial charge in [-0.3, -0.25) is 14.4 Å². The minimum atomic E-state index is -0.794. The van der Waals surface area contributed by atoms with Crippen molar-refractivity contribution < 1.29 is 28.6 Å². The van der Waals surface area contributed by atoms with E-state index in [0.717, 1.165) is 103 Å². The summed E-state index contributed by atoms with van der Waals surface area (Å²) in [6.07, 6.45) is 88.9. The van der Waals surface area contributed by atoms with Gasteiger partial charge in [-0.1, -0.05) is 292 Å². The molecule has 0 aromatic carbocycles. The number of carbonyl (C=O) groups is 3. The monoisotopic (exact) mass is 1100 g/mol. The van der Waals surface area contributed by atoms with Crippen molar-refractivity contribution in [1.82, 2.24) is 0 Å². The summed E-state index contributed by atoms with van der Waals surface area (Å²) in [7, 11) is 0. The highest BCUT2D eigenvalue weighted by atomic mass is 16.6. The van der Waals surface area contributed by atoms with Gasteiger partial charge >= 0.3 is 17.9 Å². The molecule has 0 aliphatic rings. The maximum atomic E-state index is 12.9. The van der Waals surface area contributed by atoms with Crippen molar-refractivity contribution >= 4 is 17.9 Å². The minimum Gasteiger partial charge on any atom is -0.462 e. The maximum absolute atomic E-state index is 12.9. The molecule has 0 aliphatic heterocycles. The second-order valence-electron chi connectivity index (χ2n) is 22.7. The number of ether oxygens (including phenoxy) is 3. The normalized spacial score (nSPS) is 12.6. The molecule has 0 spiro atoms. The molecule has 0 N–H and O–H groups in total. The van der Waals surface area contributed by atoms with Crippen molar-refractivity contribution in [2.45, 2.75) is 348 Å². The number of allylic oxidation sites excluding steroid dienone is 14. The molecule has 0 saturated carbocycles. The Labute approximate surface area is 490 Å². The second kappa shape index (κ2) is 67.1. The highest BCUT2D eigenvalue weighted by Crippen LogP contribution is 2.17. The molecule has 0 aromatic rings. The third-order valence-corrected chi connectivity index (χ3v) is 14.9. The average molecular weight is 1100 g/mol. The lowest BCUT2D eigenvalue weighted by molar-refractivity contribution is -0.167. The molecule has 0 rings (SSSR count). The number of hydrogen-bond donors (Lipinski definition) is 0. The summed E-state index contributed by atoms with van der Waals surface area (Å²) in [6.45, 7) is 6.52. The molecule has 456 valence electrons. The summed E-state index contributed by atoms with van der Waals surface area (Å²) in [5.74, 6) is -0.912. The van der Waals surface area contributed by atoms with Gasteiger partial charge in [0.05, 0.1) is 0 Å². The Morgan fingerprint density at radius 1 is 0.266 bits per heavy atom. The Kier molecular flexibility index (Phi) is 64.2. The molecular weight excluding hydrogens is 973 g/mol. The molecule has 1 atom stereocenters. The van der Waals surface area contributed by atoms with E-state index in [1.807, 2.05) is 0 Å². The topological polar surface area (TPSA) is 78.9 Å². The number of esters is 3. The van der Waals surface area contributed by atoms with E-state index in [0.29, 0.717) is 19.3 Å². The first-order valence-corrected chi connectivity index (χ1v) is 34.1. The Hall–Kier alpha value is -3.41. The van der Waals surface area contributed by atoms with E-state index in [1.54, 1.807) is 0 Å². The van der Waals surface area contributed by atoms with E-state index in [4.69, 9.17) is 14.2 Å². The molecule has 79 heavy (non-hydrogen) atoms. The molecule has 0 aliphatic carbocycles. The quantitative estimate of drug-likeness (QED) is 0.0261. The van der Waals surface area contributed by atoms with Crippen molar-refractivity contribution in [3.05, 3.63) is 85.1 Å². The van der Waals surface area contributed by atoms with Gasteiger partial charge in [0.1, 0.15) is 13.2 Å². The second-order valence-corrected chi connectivity index (χ2v) is 22.7. The largest absolute Gasteiger partial charge is 0.462 e. The smallest absolute Gasteiger partial charge is 0.306 e. The van der Waals surface area contributed by atoms with Gasteiger partial charge in [0.15, 0.2) is 6.10 Å². The van der Waals surface area contributed by atoms with Crippen molar-refractivity contribution in [2.75, 3.05) is 13.2 Å². The van der Waals surface area contributed by atoms with Gasteiger partial charge in [-0.15, -0.1) is 0 Å². The lowest BCUT2D eigenvalue weighted by Gasteiger charge is -2.18. The summed E-state index contributed by atoms with van der Waals surface area (Å²) in [6, 6.07) is 0. The molecule has 0 fully saturated rings. The van der Waals surface area contributed by atoms with Crippen LogP contribution in [-0.2, 0) is 28.6 Å². The Bertz CT molecular complexity index is 1500. The predicted molar refractivity (Wildman–Crippen MR) is 344 cm³/mol. The summed E-state index contributed by atoms with van der Waals surface area (Å²) >= 11 is 0. The molecule has 0 aromatic heterocycles. The van der Waals surface area contributed by atoms with Crippen LogP contribution in [0.4, 0.5) is 0 Å². The average Bonchev–Trinajstić information content (AvgIpc) is 3.45. The van der Waals surface area contributed by atoms with E-state index >= 15 is 0 Å². The van der Waals surface area contributed by atoms with E-state index in [9.17, 15) is 14.4 Å². The van der Waals surface area contributed by atoms with Crippen LogP contribution in [-0.4, -0.2) is 37.2 Å². The first-order valence-electron chi connectivity index (χ1n) is 34.1. The maximum Gasteiger partial charge on any atom is 0.306 e. The fourth-order valence-electron chi connectivity index (χ4n) is 9.76. The molecule has 6 nitrogen and oxygen atoms in total. The first-order chi connectivity index (χ1) is 39.0. The van der Waals surface area contributed by atoms with Crippen LogP contribution in [0.25, 0.3) is 0 Å². The van der Waals surface area contributed by atoms with Gasteiger partial charge in [-0.2, -0.15) is 0 Å². The van der Waals surface area contributed by atoms with Crippen molar-refractivity contribution in [2.24, 2.45) is 0 Å². The molecular formula is C73H128O6. The van der Waals surface area contributed by atoms with E-state index in [2.05, 4.69) is 106 Å². The van der Waals surface area contributed by atoms with Crippen molar-refractivity contribution in [1.29, 1.82) is 0 Å². The lowest BCUT2D eigenvalue weighted by atomic mass is 10.0. The summed E-state index contributed by atoms with van der Waals surface area (Å²) < 4.78 is 16.9. The molecule has 6 heteroatoms. The zero-order valence-electron chi connectivity index (χ0n) is 52.4. The third kappa shape index (κ3) is 65.3. The number of hydrogen-bond acceptors (Lipinski definition) is 6. The summed E-state index contributed by atoms with van der Waals surface area (Å²) in [5, 5.41) is 0. The zero-order valence-corrected chi connectivity index (χ0v) is 52.4. The van der Waals surface area contributed by atoms with Crippen LogP contribution in [0, 0.1) is 0 Å². The predicted octanol–water partition coefficient (Wildman–Crippen LogP) is 23.4. The first kappa shape index (κ1) is 75.6. The van der Waals surface area contributed by atoms with Crippen molar-refractivity contribution in [3.8, 4) is 0 Å².